The van der Waals surface area contributed by atoms with Crippen molar-refractivity contribution in [3.63, 3.8) is 0 Å². The van der Waals surface area contributed by atoms with Gasteiger partial charge in [-0.3, -0.25) is 9.59 Å². The zero-order valence-electron chi connectivity index (χ0n) is 16.5. The maximum absolute atomic E-state index is 12.6. The summed E-state index contributed by atoms with van der Waals surface area (Å²) in [5.74, 6) is -0.174. The van der Waals surface area contributed by atoms with E-state index in [0.29, 0.717) is 39.6 Å². The van der Waals surface area contributed by atoms with Gasteiger partial charge in [0.1, 0.15) is 21.3 Å². The number of carbonyl (C=O) groups excluding carboxylic acids is 2. The van der Waals surface area contributed by atoms with Gasteiger partial charge in [0.25, 0.3) is 11.5 Å². The highest BCUT2D eigenvalue weighted by Crippen LogP contribution is 2.28. The number of esters is 1. The van der Waals surface area contributed by atoms with Crippen molar-refractivity contribution in [2.75, 3.05) is 11.9 Å². The van der Waals surface area contributed by atoms with E-state index < -0.39 is 18.0 Å². The van der Waals surface area contributed by atoms with Crippen LogP contribution in [0.4, 0.5) is 5.69 Å². The molecule has 9 heteroatoms. The lowest BCUT2D eigenvalue weighted by atomic mass is 10.2. The predicted molar refractivity (Wildman–Crippen MR) is 111 cm³/mol. The fraction of sp³-hybridized carbons (Fsp3) is 0.300. The molecule has 0 radical (unpaired) electrons. The maximum atomic E-state index is 12.6. The third-order valence-electron chi connectivity index (χ3n) is 4.20. The molecule has 0 unspecified atom stereocenters. The first-order chi connectivity index (χ1) is 13.8. The van der Waals surface area contributed by atoms with Crippen LogP contribution in [0.5, 0.6) is 5.75 Å². The summed E-state index contributed by atoms with van der Waals surface area (Å²) < 4.78 is 10.8. The SMILES string of the molecule is CCOc1ccccc1NC(=O)[C@H](C)OC(=O)c1sc2nc(C)[nH]c(=O)c2c1C. The smallest absolute Gasteiger partial charge is 0.349 e. The summed E-state index contributed by atoms with van der Waals surface area (Å²) in [6.45, 7) is 7.10. The lowest BCUT2D eigenvalue weighted by Gasteiger charge is -2.15. The van der Waals surface area contributed by atoms with Crippen molar-refractivity contribution < 1.29 is 19.1 Å². The molecule has 0 aliphatic heterocycles. The van der Waals surface area contributed by atoms with Gasteiger partial charge in [-0.2, -0.15) is 0 Å². The van der Waals surface area contributed by atoms with E-state index in [1.807, 2.05) is 6.92 Å². The average Bonchev–Trinajstić information content (AvgIpc) is 3.00. The number of anilines is 1. The Bertz CT molecular complexity index is 1130. The zero-order valence-corrected chi connectivity index (χ0v) is 17.3. The molecule has 2 heterocycles. The van der Waals surface area contributed by atoms with E-state index in [0.717, 1.165) is 11.3 Å². The molecule has 2 aromatic heterocycles. The average molecular weight is 415 g/mol. The molecule has 0 saturated heterocycles. The fourth-order valence-electron chi connectivity index (χ4n) is 2.80. The van der Waals surface area contributed by atoms with Crippen LogP contribution in [0.3, 0.4) is 0 Å². The Kier molecular flexibility index (Phi) is 5.97. The number of nitrogens with one attached hydrogen (secondary N) is 2. The molecule has 8 nitrogen and oxygen atoms in total. The number of para-hydroxylation sites is 2. The first kappa shape index (κ1) is 20.5. The molecular weight excluding hydrogens is 394 g/mol. The van der Waals surface area contributed by atoms with Crippen LogP contribution < -0.4 is 15.6 Å². The summed E-state index contributed by atoms with van der Waals surface area (Å²) in [5.41, 5.74) is 0.670. The summed E-state index contributed by atoms with van der Waals surface area (Å²) in [6, 6.07) is 7.00. The number of H-pyrrole nitrogens is 1. The molecule has 1 amide bonds. The number of thiophene rings is 1. The van der Waals surface area contributed by atoms with Crippen LogP contribution in [-0.4, -0.2) is 34.6 Å². The second-order valence-corrected chi connectivity index (χ2v) is 7.35. The molecule has 152 valence electrons. The molecule has 0 aliphatic rings. The molecule has 29 heavy (non-hydrogen) atoms. The summed E-state index contributed by atoms with van der Waals surface area (Å²) >= 11 is 1.07. The number of ether oxygens (including phenoxy) is 2. The Balaban J connectivity index is 1.76. The third-order valence-corrected chi connectivity index (χ3v) is 5.37. The highest BCUT2D eigenvalue weighted by atomic mass is 32.1. The van der Waals surface area contributed by atoms with Gasteiger partial charge in [-0.15, -0.1) is 11.3 Å². The van der Waals surface area contributed by atoms with Crippen LogP contribution >= 0.6 is 11.3 Å². The van der Waals surface area contributed by atoms with Gasteiger partial charge in [-0.05, 0) is 45.4 Å². The number of fused-ring (bicyclic) bond motifs is 1. The Morgan fingerprint density at radius 3 is 2.72 bits per heavy atom. The van der Waals surface area contributed by atoms with Crippen molar-refractivity contribution >= 4 is 39.1 Å². The largest absolute Gasteiger partial charge is 0.492 e. The summed E-state index contributed by atoms with van der Waals surface area (Å²) in [7, 11) is 0. The van der Waals surface area contributed by atoms with E-state index in [4.69, 9.17) is 9.47 Å². The molecule has 0 spiro atoms. The van der Waals surface area contributed by atoms with Crippen molar-refractivity contribution in [3.8, 4) is 5.75 Å². The number of aromatic nitrogens is 2. The number of carbonyl (C=O) groups is 2. The number of rotatable bonds is 6. The summed E-state index contributed by atoms with van der Waals surface area (Å²) in [6.07, 6.45) is -1.05. The minimum Gasteiger partial charge on any atom is -0.492 e. The van der Waals surface area contributed by atoms with Gasteiger partial charge in [-0.25, -0.2) is 9.78 Å². The number of amides is 1. The van der Waals surface area contributed by atoms with E-state index in [2.05, 4.69) is 15.3 Å². The number of nitrogens with zero attached hydrogens (tertiary/aromatic N) is 1. The van der Waals surface area contributed by atoms with Crippen molar-refractivity contribution in [2.24, 2.45) is 0 Å². The molecule has 0 bridgehead atoms. The zero-order chi connectivity index (χ0) is 21.1. The Hall–Kier alpha value is -3.20. The lowest BCUT2D eigenvalue weighted by Crippen LogP contribution is -2.30. The van der Waals surface area contributed by atoms with E-state index in [-0.39, 0.29) is 10.4 Å². The predicted octanol–water partition coefficient (Wildman–Crippen LogP) is 3.18. The second kappa shape index (κ2) is 8.44. The lowest BCUT2D eigenvalue weighted by molar-refractivity contribution is -0.123. The van der Waals surface area contributed by atoms with E-state index in [9.17, 15) is 14.4 Å². The van der Waals surface area contributed by atoms with Crippen LogP contribution in [-0.2, 0) is 9.53 Å². The molecular formula is C20H21N3O5S. The van der Waals surface area contributed by atoms with Gasteiger partial charge >= 0.3 is 5.97 Å². The molecule has 2 N–H and O–H groups in total. The molecule has 0 aliphatic carbocycles. The highest BCUT2D eigenvalue weighted by molar-refractivity contribution is 7.20. The topological polar surface area (TPSA) is 110 Å². The number of hydrogen-bond acceptors (Lipinski definition) is 7. The number of aryl methyl sites for hydroxylation is 2. The first-order valence-electron chi connectivity index (χ1n) is 9.05. The molecule has 3 rings (SSSR count). The van der Waals surface area contributed by atoms with Gasteiger partial charge in [0.15, 0.2) is 6.10 Å². The van der Waals surface area contributed by atoms with Crippen LogP contribution in [0.2, 0.25) is 0 Å². The normalized spacial score (nSPS) is 11.9. The Morgan fingerprint density at radius 2 is 2.00 bits per heavy atom. The van der Waals surface area contributed by atoms with Gasteiger partial charge in [0, 0.05) is 0 Å². The van der Waals surface area contributed by atoms with E-state index in [1.165, 1.54) is 6.92 Å². The quantitative estimate of drug-likeness (QED) is 0.598. The van der Waals surface area contributed by atoms with Crippen molar-refractivity contribution in [1.29, 1.82) is 0 Å². The second-order valence-electron chi connectivity index (χ2n) is 6.35. The minimum atomic E-state index is -1.05. The van der Waals surface area contributed by atoms with E-state index in [1.54, 1.807) is 38.1 Å². The van der Waals surface area contributed by atoms with Crippen LogP contribution in [0.15, 0.2) is 29.1 Å². The van der Waals surface area contributed by atoms with Crippen molar-refractivity contribution in [3.05, 3.63) is 50.9 Å². The highest BCUT2D eigenvalue weighted by Gasteiger charge is 2.24. The van der Waals surface area contributed by atoms with Crippen molar-refractivity contribution in [1.82, 2.24) is 9.97 Å². The van der Waals surface area contributed by atoms with Crippen molar-refractivity contribution in [2.45, 2.75) is 33.8 Å². The Labute approximate surface area is 170 Å². The van der Waals surface area contributed by atoms with Gasteiger partial charge in [0.2, 0.25) is 0 Å². The van der Waals surface area contributed by atoms with Crippen LogP contribution in [0.25, 0.3) is 10.2 Å². The fourth-order valence-corrected chi connectivity index (χ4v) is 3.91. The monoisotopic (exact) mass is 415 g/mol. The molecule has 0 fully saturated rings. The summed E-state index contributed by atoms with van der Waals surface area (Å²) in [5, 5.41) is 3.06. The molecule has 3 aromatic rings. The molecule has 0 saturated carbocycles. The Morgan fingerprint density at radius 1 is 1.28 bits per heavy atom. The summed E-state index contributed by atoms with van der Waals surface area (Å²) in [4.78, 5) is 44.8. The maximum Gasteiger partial charge on any atom is 0.349 e. The van der Waals surface area contributed by atoms with Crippen LogP contribution in [0.1, 0.15) is 34.9 Å². The number of benzene rings is 1. The third kappa shape index (κ3) is 4.29. The standard InChI is InChI=1S/C20H21N3O5S/c1-5-27-14-9-7-6-8-13(14)23-17(24)11(3)28-20(26)16-10(2)15-18(25)21-12(4)22-19(15)29-16/h6-9,11H,5H2,1-4H3,(H,23,24)(H,21,22,25)/t11-/m0/s1. The van der Waals surface area contributed by atoms with Crippen LogP contribution in [0, 0.1) is 13.8 Å². The minimum absolute atomic E-state index is 0.248. The van der Waals surface area contributed by atoms with Gasteiger partial charge in [0.05, 0.1) is 17.7 Å². The first-order valence-corrected chi connectivity index (χ1v) is 9.87. The van der Waals surface area contributed by atoms with Gasteiger partial charge < -0.3 is 19.8 Å². The number of hydrogen-bond donors (Lipinski definition) is 2. The molecule has 1 atom stereocenters. The van der Waals surface area contributed by atoms with Gasteiger partial charge in [-0.1, -0.05) is 12.1 Å². The number of aromatic amines is 1. The molecule has 1 aromatic carbocycles. The van der Waals surface area contributed by atoms with E-state index >= 15 is 0 Å².